The average Bonchev–Trinajstić information content (AvgIpc) is 2.75. The summed E-state index contributed by atoms with van der Waals surface area (Å²) in [4.78, 5) is 35.3. The van der Waals surface area contributed by atoms with Crippen molar-refractivity contribution in [1.29, 1.82) is 0 Å². The molecule has 4 rings (SSSR count). The number of ether oxygens (including phenoxy) is 2. The number of hydrogen-bond donors (Lipinski definition) is 0. The first kappa shape index (κ1) is 20.8. The number of carbonyl (C=O) groups excluding carboxylic acids is 1. The number of nitro groups is 1. The van der Waals surface area contributed by atoms with Crippen molar-refractivity contribution in [1.82, 2.24) is 0 Å². The maximum Gasteiger partial charge on any atom is 0.343 e. The zero-order valence-electron chi connectivity index (χ0n) is 17.2. The number of aryl methyl sites for hydroxylation is 2. The molecule has 0 fully saturated rings. The van der Waals surface area contributed by atoms with Crippen molar-refractivity contribution < 1.29 is 23.6 Å². The van der Waals surface area contributed by atoms with Crippen LogP contribution in [-0.2, 0) is 0 Å². The summed E-state index contributed by atoms with van der Waals surface area (Å²) in [6, 6.07) is 15.0. The van der Waals surface area contributed by atoms with E-state index in [1.165, 1.54) is 48.7 Å². The van der Waals surface area contributed by atoms with Gasteiger partial charge >= 0.3 is 5.97 Å². The monoisotopic (exact) mass is 431 g/mol. The quantitative estimate of drug-likeness (QED) is 0.182. The third kappa shape index (κ3) is 4.34. The Hall–Kier alpha value is -4.46. The summed E-state index contributed by atoms with van der Waals surface area (Å²) < 4.78 is 16.6. The van der Waals surface area contributed by atoms with Gasteiger partial charge in [-0.1, -0.05) is 6.07 Å². The second kappa shape index (κ2) is 8.35. The minimum atomic E-state index is -0.698. The Morgan fingerprint density at radius 1 is 0.938 bits per heavy atom. The maximum atomic E-state index is 12.8. The molecule has 0 N–H and O–H groups in total. The smallest absolute Gasteiger partial charge is 0.343 e. The van der Waals surface area contributed by atoms with Crippen LogP contribution in [0.2, 0.25) is 0 Å². The Balaban J connectivity index is 1.57. The fraction of sp³-hybridized carbons (Fsp3) is 0.0833. The molecule has 4 aromatic rings. The summed E-state index contributed by atoms with van der Waals surface area (Å²) in [6.45, 7) is 3.87. The molecule has 0 aliphatic rings. The van der Waals surface area contributed by atoms with Crippen LogP contribution in [0.5, 0.6) is 17.2 Å². The van der Waals surface area contributed by atoms with E-state index in [0.717, 1.165) is 11.1 Å². The summed E-state index contributed by atoms with van der Waals surface area (Å²) in [6.07, 6.45) is 1.21. The lowest BCUT2D eigenvalue weighted by atomic mass is 10.1. The average molecular weight is 431 g/mol. The van der Waals surface area contributed by atoms with Crippen molar-refractivity contribution in [3.8, 4) is 17.2 Å². The van der Waals surface area contributed by atoms with E-state index in [-0.39, 0.29) is 39.1 Å². The van der Waals surface area contributed by atoms with E-state index in [2.05, 4.69) is 0 Å². The Kier molecular flexibility index (Phi) is 5.43. The lowest BCUT2D eigenvalue weighted by molar-refractivity contribution is -0.384. The number of fused-ring (bicyclic) bond motifs is 1. The molecule has 32 heavy (non-hydrogen) atoms. The highest BCUT2D eigenvalue weighted by atomic mass is 16.6. The van der Waals surface area contributed by atoms with E-state index >= 15 is 0 Å². The SMILES string of the molecule is Cc1cc(C)cc(Oc2coc3cc(OC(=O)c4ccc([N+](=O)[O-])cc4)ccc3c2=O)c1. The molecule has 3 aromatic carbocycles. The highest BCUT2D eigenvalue weighted by molar-refractivity contribution is 5.92. The van der Waals surface area contributed by atoms with Crippen molar-refractivity contribution in [2.24, 2.45) is 0 Å². The second-order valence-electron chi connectivity index (χ2n) is 7.21. The molecule has 0 amide bonds. The van der Waals surface area contributed by atoms with Gasteiger partial charge in [-0.25, -0.2) is 4.79 Å². The first-order valence-electron chi connectivity index (χ1n) is 9.58. The van der Waals surface area contributed by atoms with Crippen molar-refractivity contribution in [3.63, 3.8) is 0 Å². The molecule has 0 aliphatic carbocycles. The first-order chi connectivity index (χ1) is 15.3. The van der Waals surface area contributed by atoms with E-state index in [9.17, 15) is 19.7 Å². The molecular weight excluding hydrogens is 414 g/mol. The van der Waals surface area contributed by atoms with Crippen LogP contribution in [0, 0.1) is 24.0 Å². The Labute approximate surface area is 181 Å². The summed E-state index contributed by atoms with van der Waals surface area (Å²) >= 11 is 0. The molecule has 8 nitrogen and oxygen atoms in total. The van der Waals surface area contributed by atoms with Gasteiger partial charge in [0.2, 0.25) is 11.2 Å². The third-order valence-electron chi connectivity index (χ3n) is 4.66. The van der Waals surface area contributed by atoms with E-state index in [1.807, 2.05) is 32.0 Å². The molecule has 160 valence electrons. The summed E-state index contributed by atoms with van der Waals surface area (Å²) in [5.41, 5.74) is 1.88. The molecule has 8 heteroatoms. The highest BCUT2D eigenvalue weighted by Crippen LogP contribution is 2.26. The molecule has 0 saturated heterocycles. The lowest BCUT2D eigenvalue weighted by Crippen LogP contribution is -2.09. The van der Waals surface area contributed by atoms with Crippen LogP contribution < -0.4 is 14.9 Å². The van der Waals surface area contributed by atoms with Crippen LogP contribution in [0.15, 0.2) is 76.1 Å². The van der Waals surface area contributed by atoms with E-state index in [1.54, 1.807) is 0 Å². The van der Waals surface area contributed by atoms with Crippen LogP contribution >= 0.6 is 0 Å². The van der Waals surface area contributed by atoms with Gasteiger partial charge in [0.25, 0.3) is 5.69 Å². The largest absolute Gasteiger partial charge is 0.460 e. The molecule has 0 aliphatic heterocycles. The molecule has 0 saturated carbocycles. The molecule has 0 radical (unpaired) electrons. The van der Waals surface area contributed by atoms with Gasteiger partial charge in [-0.3, -0.25) is 14.9 Å². The van der Waals surface area contributed by atoms with Gasteiger partial charge in [0.15, 0.2) is 0 Å². The predicted molar refractivity (Wildman–Crippen MR) is 117 cm³/mol. The van der Waals surface area contributed by atoms with Crippen LogP contribution in [0.25, 0.3) is 11.0 Å². The number of nitrogens with zero attached hydrogens (tertiary/aromatic N) is 1. The van der Waals surface area contributed by atoms with Crippen molar-refractivity contribution in [2.75, 3.05) is 0 Å². The van der Waals surface area contributed by atoms with Crippen LogP contribution in [0.4, 0.5) is 5.69 Å². The van der Waals surface area contributed by atoms with Crippen LogP contribution in [0.3, 0.4) is 0 Å². The van der Waals surface area contributed by atoms with Crippen molar-refractivity contribution in [2.45, 2.75) is 13.8 Å². The normalized spacial score (nSPS) is 10.7. The Morgan fingerprint density at radius 3 is 2.28 bits per heavy atom. The van der Waals surface area contributed by atoms with Crippen molar-refractivity contribution >= 4 is 22.6 Å². The number of non-ortho nitro benzene ring substituents is 1. The Bertz CT molecular complexity index is 1380. The zero-order chi connectivity index (χ0) is 22.8. The number of rotatable bonds is 5. The zero-order valence-corrected chi connectivity index (χ0v) is 17.2. The summed E-state index contributed by atoms with van der Waals surface area (Å²) in [5, 5.41) is 11.0. The van der Waals surface area contributed by atoms with E-state index in [4.69, 9.17) is 13.9 Å². The van der Waals surface area contributed by atoms with E-state index < -0.39 is 10.9 Å². The van der Waals surface area contributed by atoms with Gasteiger partial charge in [0.1, 0.15) is 23.3 Å². The van der Waals surface area contributed by atoms with Gasteiger partial charge in [-0.05, 0) is 61.4 Å². The van der Waals surface area contributed by atoms with Crippen LogP contribution in [-0.4, -0.2) is 10.9 Å². The van der Waals surface area contributed by atoms with Gasteiger partial charge < -0.3 is 13.9 Å². The number of nitro benzene ring substituents is 1. The van der Waals surface area contributed by atoms with Gasteiger partial charge in [0, 0.05) is 18.2 Å². The molecule has 1 aromatic heterocycles. The summed E-state index contributed by atoms with van der Waals surface area (Å²) in [7, 11) is 0. The van der Waals surface area contributed by atoms with Gasteiger partial charge in [-0.15, -0.1) is 0 Å². The summed E-state index contributed by atoms with van der Waals surface area (Å²) in [5.74, 6) is 0.0317. The predicted octanol–water partition coefficient (Wildman–Crippen LogP) is 5.33. The molecule has 0 bridgehead atoms. The molecular formula is C24H17NO7. The fourth-order valence-electron chi connectivity index (χ4n) is 3.23. The topological polar surface area (TPSA) is 109 Å². The highest BCUT2D eigenvalue weighted by Gasteiger charge is 2.14. The number of esters is 1. The van der Waals surface area contributed by atoms with Crippen LogP contribution in [0.1, 0.15) is 21.5 Å². The standard InChI is InChI=1S/C24H17NO7/c1-14-9-15(2)11-19(10-14)31-22-13-30-21-12-18(7-8-20(21)23(22)26)32-24(27)16-3-5-17(6-4-16)25(28)29/h3-13H,1-2H3. The van der Waals surface area contributed by atoms with E-state index in [0.29, 0.717) is 5.75 Å². The van der Waals surface area contributed by atoms with Gasteiger partial charge in [0.05, 0.1) is 15.9 Å². The molecule has 0 atom stereocenters. The lowest BCUT2D eigenvalue weighted by Gasteiger charge is -2.08. The number of hydrogen-bond acceptors (Lipinski definition) is 7. The minimum Gasteiger partial charge on any atom is -0.460 e. The first-order valence-corrected chi connectivity index (χ1v) is 9.58. The molecule has 1 heterocycles. The number of carbonyl (C=O) groups is 1. The molecule has 0 spiro atoms. The van der Waals surface area contributed by atoms with Gasteiger partial charge in [-0.2, -0.15) is 0 Å². The third-order valence-corrected chi connectivity index (χ3v) is 4.66. The number of benzene rings is 3. The van der Waals surface area contributed by atoms with Crippen molar-refractivity contribution in [3.05, 3.63) is 104 Å². The Morgan fingerprint density at radius 2 is 1.62 bits per heavy atom. The minimum absolute atomic E-state index is 0.0399. The maximum absolute atomic E-state index is 12.8. The molecule has 0 unspecified atom stereocenters. The fourth-order valence-corrected chi connectivity index (χ4v) is 3.23. The second-order valence-corrected chi connectivity index (χ2v) is 7.21.